The van der Waals surface area contributed by atoms with Gasteiger partial charge in [0, 0.05) is 44.1 Å². The zero-order valence-electron chi connectivity index (χ0n) is 16.1. The molecule has 2 saturated carbocycles. The lowest BCUT2D eigenvalue weighted by Gasteiger charge is -2.41. The van der Waals surface area contributed by atoms with E-state index < -0.39 is 0 Å². The topological polar surface area (TPSA) is 56.7 Å². The number of halogens is 1. The van der Waals surface area contributed by atoms with Crippen molar-refractivity contribution in [2.24, 2.45) is 22.2 Å². The molecule has 148 valence electrons. The fourth-order valence-corrected chi connectivity index (χ4v) is 5.45. The fraction of sp³-hybridized carbons (Fsp3) is 0.900. The summed E-state index contributed by atoms with van der Waals surface area (Å²) in [4.78, 5) is 19.0. The second-order valence-corrected chi connectivity index (χ2v) is 8.83. The van der Waals surface area contributed by atoms with Crippen molar-refractivity contribution < 1.29 is 4.79 Å². The molecular formula is C20H35IN4O. The van der Waals surface area contributed by atoms with Crippen LogP contribution >= 0.6 is 24.0 Å². The summed E-state index contributed by atoms with van der Waals surface area (Å²) in [5.74, 6) is 3.14. The summed E-state index contributed by atoms with van der Waals surface area (Å²) in [6.45, 7) is 5.83. The van der Waals surface area contributed by atoms with Crippen molar-refractivity contribution in [3.8, 4) is 0 Å². The SMILES string of the molecule is CCN=C(NC1CC1C1CCCCC1)N1CCCC2(CNC(=O)C2)C1.I. The van der Waals surface area contributed by atoms with E-state index in [2.05, 4.69) is 22.5 Å². The van der Waals surface area contributed by atoms with E-state index in [1.807, 2.05) is 0 Å². The van der Waals surface area contributed by atoms with E-state index in [-0.39, 0.29) is 35.3 Å². The number of amides is 1. The average Bonchev–Trinajstić information content (AvgIpc) is 3.32. The number of carbonyl (C=O) groups excluding carboxylic acids is 1. The van der Waals surface area contributed by atoms with Crippen LogP contribution in [0.5, 0.6) is 0 Å². The predicted molar refractivity (Wildman–Crippen MR) is 116 cm³/mol. The van der Waals surface area contributed by atoms with Crippen LogP contribution < -0.4 is 10.6 Å². The number of carbonyl (C=O) groups is 1. The molecule has 4 aliphatic rings. The van der Waals surface area contributed by atoms with Gasteiger partial charge >= 0.3 is 0 Å². The molecule has 0 aromatic rings. The van der Waals surface area contributed by atoms with Crippen LogP contribution in [0.25, 0.3) is 0 Å². The smallest absolute Gasteiger partial charge is 0.220 e. The van der Waals surface area contributed by atoms with Gasteiger partial charge in [0.15, 0.2) is 5.96 Å². The second-order valence-electron chi connectivity index (χ2n) is 8.83. The van der Waals surface area contributed by atoms with Crippen LogP contribution in [0.1, 0.15) is 64.7 Å². The van der Waals surface area contributed by atoms with E-state index in [0.29, 0.717) is 12.5 Å². The molecule has 0 radical (unpaired) electrons. The molecule has 4 rings (SSSR count). The molecule has 26 heavy (non-hydrogen) atoms. The van der Waals surface area contributed by atoms with Gasteiger partial charge in [-0.1, -0.05) is 32.1 Å². The molecule has 2 aliphatic heterocycles. The minimum atomic E-state index is 0. The largest absolute Gasteiger partial charge is 0.355 e. The minimum absolute atomic E-state index is 0. The standard InChI is InChI=1S/C20H34N4O.HI/c1-2-21-19(23-17-11-16(17)15-7-4-3-5-8-15)24-10-6-9-20(14-24)12-18(25)22-13-20;/h15-17H,2-14H2,1H3,(H,21,23)(H,22,25);1H. The first-order valence-corrected chi connectivity index (χ1v) is 10.5. The Morgan fingerprint density at radius 2 is 2.12 bits per heavy atom. The van der Waals surface area contributed by atoms with Gasteiger partial charge in [-0.25, -0.2) is 0 Å². The number of nitrogens with zero attached hydrogens (tertiary/aromatic N) is 2. The molecule has 1 amide bonds. The lowest BCUT2D eigenvalue weighted by molar-refractivity contribution is -0.119. The molecule has 2 saturated heterocycles. The monoisotopic (exact) mass is 474 g/mol. The number of piperidine rings is 1. The molecule has 2 N–H and O–H groups in total. The Balaban J connectivity index is 0.00000196. The molecule has 0 aromatic heterocycles. The van der Waals surface area contributed by atoms with E-state index >= 15 is 0 Å². The molecular weight excluding hydrogens is 439 g/mol. The van der Waals surface area contributed by atoms with Crippen molar-refractivity contribution in [2.75, 3.05) is 26.2 Å². The molecule has 3 atom stereocenters. The Morgan fingerprint density at radius 1 is 1.31 bits per heavy atom. The fourth-order valence-electron chi connectivity index (χ4n) is 5.45. The normalized spacial score (nSPS) is 35.2. The van der Waals surface area contributed by atoms with E-state index in [1.54, 1.807) is 0 Å². The Labute approximate surface area is 175 Å². The summed E-state index contributed by atoms with van der Waals surface area (Å²) < 4.78 is 0. The lowest BCUT2D eigenvalue weighted by atomic mass is 9.79. The Bertz CT molecular complexity index is 534. The number of nitrogens with one attached hydrogen (secondary N) is 2. The van der Waals surface area contributed by atoms with Crippen LogP contribution in [-0.4, -0.2) is 49.0 Å². The molecule has 3 unspecified atom stereocenters. The van der Waals surface area contributed by atoms with E-state index in [1.165, 1.54) is 38.5 Å². The summed E-state index contributed by atoms with van der Waals surface area (Å²) in [6.07, 6.45) is 11.5. The summed E-state index contributed by atoms with van der Waals surface area (Å²) in [7, 11) is 0. The third kappa shape index (κ3) is 4.47. The van der Waals surface area contributed by atoms with Crippen molar-refractivity contribution in [1.82, 2.24) is 15.5 Å². The molecule has 1 spiro atoms. The van der Waals surface area contributed by atoms with Crippen LogP contribution in [-0.2, 0) is 4.79 Å². The molecule has 0 bridgehead atoms. The Hall–Kier alpha value is -0.530. The van der Waals surface area contributed by atoms with Crippen molar-refractivity contribution in [1.29, 1.82) is 0 Å². The van der Waals surface area contributed by atoms with Gasteiger partial charge < -0.3 is 15.5 Å². The van der Waals surface area contributed by atoms with Crippen molar-refractivity contribution in [3.05, 3.63) is 0 Å². The average molecular weight is 474 g/mol. The maximum absolute atomic E-state index is 11.7. The minimum Gasteiger partial charge on any atom is -0.355 e. The van der Waals surface area contributed by atoms with Crippen LogP contribution in [0.2, 0.25) is 0 Å². The van der Waals surface area contributed by atoms with Crippen molar-refractivity contribution in [3.63, 3.8) is 0 Å². The van der Waals surface area contributed by atoms with Gasteiger partial charge in [0.05, 0.1) is 0 Å². The summed E-state index contributed by atoms with van der Waals surface area (Å²) in [5.41, 5.74) is 0.137. The molecule has 5 nitrogen and oxygen atoms in total. The van der Waals surface area contributed by atoms with Gasteiger partial charge in [-0.15, -0.1) is 24.0 Å². The number of rotatable bonds is 3. The highest BCUT2D eigenvalue weighted by molar-refractivity contribution is 14.0. The second kappa shape index (κ2) is 8.65. The molecule has 2 aliphatic carbocycles. The molecule has 4 fully saturated rings. The van der Waals surface area contributed by atoms with E-state index in [9.17, 15) is 4.79 Å². The summed E-state index contributed by atoms with van der Waals surface area (Å²) in [6, 6.07) is 0.634. The van der Waals surface area contributed by atoms with Crippen LogP contribution in [0.3, 0.4) is 0 Å². The van der Waals surface area contributed by atoms with Gasteiger partial charge in [0.2, 0.25) is 5.91 Å². The lowest BCUT2D eigenvalue weighted by Crippen LogP contribution is -2.52. The number of guanidine groups is 1. The van der Waals surface area contributed by atoms with Gasteiger partial charge in [-0.05, 0) is 38.0 Å². The highest BCUT2D eigenvalue weighted by atomic mass is 127. The van der Waals surface area contributed by atoms with Gasteiger partial charge in [-0.2, -0.15) is 0 Å². The van der Waals surface area contributed by atoms with Gasteiger partial charge in [0.1, 0.15) is 0 Å². The molecule has 6 heteroatoms. The number of likely N-dealkylation sites (tertiary alicyclic amines) is 1. The van der Waals surface area contributed by atoms with Crippen LogP contribution in [0.4, 0.5) is 0 Å². The number of hydrogen-bond acceptors (Lipinski definition) is 2. The zero-order chi connectivity index (χ0) is 17.3. The molecule has 0 aromatic carbocycles. The van der Waals surface area contributed by atoms with Crippen molar-refractivity contribution >= 4 is 35.8 Å². The van der Waals surface area contributed by atoms with E-state index in [0.717, 1.165) is 56.8 Å². The predicted octanol–water partition coefficient (Wildman–Crippen LogP) is 3.14. The maximum atomic E-state index is 11.7. The summed E-state index contributed by atoms with van der Waals surface area (Å²) >= 11 is 0. The Morgan fingerprint density at radius 3 is 2.81 bits per heavy atom. The van der Waals surface area contributed by atoms with Gasteiger partial charge in [0.25, 0.3) is 0 Å². The maximum Gasteiger partial charge on any atom is 0.220 e. The quantitative estimate of drug-likeness (QED) is 0.376. The highest BCUT2D eigenvalue weighted by Crippen LogP contribution is 2.44. The van der Waals surface area contributed by atoms with Crippen molar-refractivity contribution in [2.45, 2.75) is 70.8 Å². The zero-order valence-corrected chi connectivity index (χ0v) is 18.5. The molecule has 2 heterocycles. The number of hydrogen-bond donors (Lipinski definition) is 2. The first kappa shape index (κ1) is 20.2. The Kier molecular flexibility index (Phi) is 6.73. The van der Waals surface area contributed by atoms with E-state index in [4.69, 9.17) is 4.99 Å². The third-order valence-corrected chi connectivity index (χ3v) is 6.87. The highest BCUT2D eigenvalue weighted by Gasteiger charge is 2.46. The van der Waals surface area contributed by atoms with Crippen LogP contribution in [0.15, 0.2) is 4.99 Å². The third-order valence-electron chi connectivity index (χ3n) is 6.87. The number of aliphatic imine (C=N–C) groups is 1. The first-order chi connectivity index (χ1) is 12.2. The summed E-state index contributed by atoms with van der Waals surface area (Å²) in [5, 5.41) is 6.85. The van der Waals surface area contributed by atoms with Gasteiger partial charge in [-0.3, -0.25) is 9.79 Å². The first-order valence-electron chi connectivity index (χ1n) is 10.5. The van der Waals surface area contributed by atoms with Crippen LogP contribution in [0, 0.1) is 17.3 Å².